The summed E-state index contributed by atoms with van der Waals surface area (Å²) in [5.41, 5.74) is 10.9. The second kappa shape index (κ2) is 10.6. The molecule has 0 N–H and O–H groups in total. The second-order valence-electron chi connectivity index (χ2n) is 14.5. The molecule has 5 nitrogen and oxygen atoms in total. The minimum atomic E-state index is 0.787. The molecule has 55 heavy (non-hydrogen) atoms. The lowest BCUT2D eigenvalue weighted by atomic mass is 9.95. The Balaban J connectivity index is 1.24. The summed E-state index contributed by atoms with van der Waals surface area (Å²) in [5.74, 6) is 0.787. The van der Waals surface area contributed by atoms with Crippen molar-refractivity contribution in [3.63, 3.8) is 0 Å². The van der Waals surface area contributed by atoms with E-state index in [1.165, 1.54) is 54.1 Å². The number of rotatable bonds is 3. The van der Waals surface area contributed by atoms with Crippen molar-refractivity contribution in [3.05, 3.63) is 170 Å². The second-order valence-corrected chi connectivity index (χ2v) is 14.5. The Hall–Kier alpha value is -7.50. The molecule has 4 aromatic heterocycles. The lowest BCUT2D eigenvalue weighted by Gasteiger charge is -2.14. The minimum Gasteiger partial charge on any atom is -0.456 e. The SMILES string of the molecule is c1ccc(-n2c3cccc4c5cccc6c5c5c(cccc5n6-c5nc6ccccc6nc5-c5cccc6oc7ccccc7c56)c5cccc2c5c43)cc1. The third-order valence-electron chi connectivity index (χ3n) is 11.6. The van der Waals surface area contributed by atoms with Gasteiger partial charge in [0.25, 0.3) is 0 Å². The molecule has 0 saturated carbocycles. The fourth-order valence-corrected chi connectivity index (χ4v) is 9.50. The van der Waals surface area contributed by atoms with E-state index in [-0.39, 0.29) is 0 Å². The van der Waals surface area contributed by atoms with Gasteiger partial charge in [-0.05, 0) is 82.2 Å². The molecule has 0 fully saturated rings. The molecule has 0 bridgehead atoms. The largest absolute Gasteiger partial charge is 0.456 e. The van der Waals surface area contributed by atoms with Gasteiger partial charge >= 0.3 is 0 Å². The zero-order chi connectivity index (χ0) is 35.8. The van der Waals surface area contributed by atoms with E-state index in [1.54, 1.807) is 0 Å². The van der Waals surface area contributed by atoms with Crippen LogP contribution in [0.15, 0.2) is 174 Å². The van der Waals surface area contributed by atoms with E-state index in [1.807, 2.05) is 36.4 Å². The summed E-state index contributed by atoms with van der Waals surface area (Å²) in [6.07, 6.45) is 0. The van der Waals surface area contributed by atoms with E-state index in [9.17, 15) is 0 Å². The smallest absolute Gasteiger partial charge is 0.165 e. The highest BCUT2D eigenvalue weighted by atomic mass is 16.3. The first-order valence-corrected chi connectivity index (χ1v) is 18.7. The molecule has 0 atom stereocenters. The quantitative estimate of drug-likeness (QED) is 0.184. The van der Waals surface area contributed by atoms with Gasteiger partial charge in [-0.1, -0.05) is 109 Å². The highest BCUT2D eigenvalue weighted by Gasteiger charge is 2.26. The van der Waals surface area contributed by atoms with Gasteiger partial charge in [-0.15, -0.1) is 0 Å². The molecule has 5 heteroatoms. The molecule has 9 aromatic carbocycles. The van der Waals surface area contributed by atoms with Crippen molar-refractivity contribution >= 4 is 98.1 Å². The average Bonchev–Trinajstić information content (AvgIpc) is 3.91. The predicted octanol–water partition coefficient (Wildman–Crippen LogP) is 13.1. The fraction of sp³-hybridized carbons (Fsp3) is 0. The maximum atomic E-state index is 6.40. The van der Waals surface area contributed by atoms with Gasteiger partial charge < -0.3 is 8.98 Å². The summed E-state index contributed by atoms with van der Waals surface area (Å²) in [6.45, 7) is 0. The monoisotopic (exact) mass is 700 g/mol. The number of aromatic nitrogens is 4. The van der Waals surface area contributed by atoms with Gasteiger partial charge in [0.15, 0.2) is 5.82 Å². The van der Waals surface area contributed by atoms with Crippen LogP contribution in [0.25, 0.3) is 121 Å². The molecule has 0 radical (unpaired) electrons. The number of nitrogens with zero attached hydrogens (tertiary/aromatic N) is 4. The molecule has 0 spiro atoms. The van der Waals surface area contributed by atoms with Crippen LogP contribution in [0.5, 0.6) is 0 Å². The summed E-state index contributed by atoms with van der Waals surface area (Å²) in [5, 5.41) is 11.9. The van der Waals surface area contributed by atoms with Crippen LogP contribution in [-0.2, 0) is 0 Å². The highest BCUT2D eigenvalue weighted by molar-refractivity contribution is 6.37. The van der Waals surface area contributed by atoms with Crippen LogP contribution in [0.4, 0.5) is 0 Å². The summed E-state index contributed by atoms with van der Waals surface area (Å²) < 4.78 is 11.2. The van der Waals surface area contributed by atoms with Crippen molar-refractivity contribution in [2.75, 3.05) is 0 Å². The van der Waals surface area contributed by atoms with Crippen molar-refractivity contribution in [2.24, 2.45) is 0 Å². The minimum absolute atomic E-state index is 0.787. The number of hydrogen-bond acceptors (Lipinski definition) is 3. The predicted molar refractivity (Wildman–Crippen MR) is 227 cm³/mol. The summed E-state index contributed by atoms with van der Waals surface area (Å²) in [7, 11) is 0. The third kappa shape index (κ3) is 3.76. The first-order valence-electron chi connectivity index (χ1n) is 18.7. The lowest BCUT2D eigenvalue weighted by Crippen LogP contribution is -2.03. The summed E-state index contributed by atoms with van der Waals surface area (Å²) in [4.78, 5) is 11.0. The zero-order valence-corrected chi connectivity index (χ0v) is 29.4. The molecule has 0 saturated heterocycles. The Kier molecular flexibility index (Phi) is 5.57. The maximum Gasteiger partial charge on any atom is 0.165 e. The van der Waals surface area contributed by atoms with Crippen molar-refractivity contribution in [1.29, 1.82) is 0 Å². The fourth-order valence-electron chi connectivity index (χ4n) is 9.50. The first kappa shape index (κ1) is 29.0. The summed E-state index contributed by atoms with van der Waals surface area (Å²) >= 11 is 0. The summed E-state index contributed by atoms with van der Waals surface area (Å²) in [6, 6.07) is 60.4. The van der Waals surface area contributed by atoms with Gasteiger partial charge in [0.2, 0.25) is 0 Å². The molecule has 0 unspecified atom stereocenters. The van der Waals surface area contributed by atoms with E-state index in [2.05, 4.69) is 143 Å². The van der Waals surface area contributed by atoms with Gasteiger partial charge in [-0.3, -0.25) is 4.57 Å². The van der Waals surface area contributed by atoms with Gasteiger partial charge in [0, 0.05) is 43.6 Å². The number of furan rings is 1. The van der Waals surface area contributed by atoms with E-state index in [0.717, 1.165) is 66.8 Å². The van der Waals surface area contributed by atoms with E-state index < -0.39 is 0 Å². The molecule has 13 rings (SSSR count). The number of fused-ring (bicyclic) bond motifs is 6. The molecule has 0 amide bonds. The molecule has 0 aliphatic rings. The number of hydrogen-bond donors (Lipinski definition) is 0. The van der Waals surface area contributed by atoms with E-state index in [4.69, 9.17) is 14.4 Å². The average molecular weight is 701 g/mol. The lowest BCUT2D eigenvalue weighted by molar-refractivity contribution is 0.669. The van der Waals surface area contributed by atoms with Crippen molar-refractivity contribution in [1.82, 2.24) is 19.1 Å². The van der Waals surface area contributed by atoms with Crippen molar-refractivity contribution in [3.8, 4) is 22.8 Å². The molecule has 0 aliphatic heterocycles. The van der Waals surface area contributed by atoms with Gasteiger partial charge in [-0.2, -0.15) is 0 Å². The Bertz CT molecular complexity index is 3590. The molecule has 254 valence electrons. The first-order chi connectivity index (χ1) is 27.3. The Labute approximate surface area is 313 Å². The van der Waals surface area contributed by atoms with Crippen LogP contribution in [-0.4, -0.2) is 19.1 Å². The zero-order valence-electron chi connectivity index (χ0n) is 29.4. The van der Waals surface area contributed by atoms with Crippen molar-refractivity contribution < 1.29 is 4.42 Å². The Morgan fingerprint density at radius 3 is 1.44 bits per heavy atom. The topological polar surface area (TPSA) is 48.8 Å². The number of benzene rings is 8. The van der Waals surface area contributed by atoms with Crippen LogP contribution >= 0.6 is 0 Å². The highest BCUT2D eigenvalue weighted by Crippen LogP contribution is 2.47. The van der Waals surface area contributed by atoms with Crippen LogP contribution < -0.4 is 0 Å². The third-order valence-corrected chi connectivity index (χ3v) is 11.6. The molecule has 13 aromatic rings. The van der Waals surface area contributed by atoms with Crippen LogP contribution in [0.3, 0.4) is 0 Å². The Morgan fingerprint density at radius 2 is 0.818 bits per heavy atom. The van der Waals surface area contributed by atoms with E-state index in [0.29, 0.717) is 0 Å². The normalized spacial score (nSPS) is 12.4. The van der Waals surface area contributed by atoms with Crippen LogP contribution in [0.1, 0.15) is 0 Å². The van der Waals surface area contributed by atoms with Gasteiger partial charge in [-0.25, -0.2) is 9.97 Å². The van der Waals surface area contributed by atoms with E-state index >= 15 is 0 Å². The number of para-hydroxylation sites is 4. The van der Waals surface area contributed by atoms with Crippen molar-refractivity contribution in [2.45, 2.75) is 0 Å². The van der Waals surface area contributed by atoms with Crippen LogP contribution in [0.2, 0.25) is 0 Å². The Morgan fingerprint density at radius 1 is 0.345 bits per heavy atom. The van der Waals surface area contributed by atoms with Gasteiger partial charge in [0.1, 0.15) is 16.9 Å². The maximum absolute atomic E-state index is 6.40. The molecular weight excluding hydrogens is 673 g/mol. The molecule has 0 aliphatic carbocycles. The molecule has 4 heterocycles. The standard InChI is InChI=1S/C50H28N4O/c1-2-13-29(14-3-1)53-38-23-8-16-30-32-18-10-25-40-47(32)48-33(31-17-9-24-39(53)46(31)45(30)38)19-11-26-41(48)54(40)50-49(51-36-21-5-6-22-37(36)52-50)35-20-12-28-43-44(35)34-15-4-7-27-42(34)55-43/h1-28H. The van der Waals surface area contributed by atoms with Gasteiger partial charge in [0.05, 0.1) is 33.1 Å². The molecular formula is C50H28N4O. The van der Waals surface area contributed by atoms with Crippen LogP contribution in [0, 0.1) is 0 Å².